The highest BCUT2D eigenvalue weighted by Crippen LogP contribution is 2.31. The molecule has 0 aliphatic heterocycles. The highest BCUT2D eigenvalue weighted by atomic mass is 35.5. The Bertz CT molecular complexity index is 865. The molecule has 3 aromatic heterocycles. The zero-order chi connectivity index (χ0) is 16.6. The lowest BCUT2D eigenvalue weighted by Crippen LogP contribution is -2.13. The number of aryl methyl sites for hydroxylation is 2. The highest BCUT2D eigenvalue weighted by molar-refractivity contribution is 7.19. The molecule has 0 saturated heterocycles. The number of hydrogen-bond donors (Lipinski definition) is 1. The minimum Gasteiger partial charge on any atom is -0.477 e. The van der Waals surface area contributed by atoms with Crippen LogP contribution in [0.1, 0.15) is 34.6 Å². The molecule has 0 spiro atoms. The molecule has 0 bridgehead atoms. The van der Waals surface area contributed by atoms with E-state index < -0.39 is 5.97 Å². The van der Waals surface area contributed by atoms with Gasteiger partial charge in [0.1, 0.15) is 11.5 Å². The zero-order valence-electron chi connectivity index (χ0n) is 12.5. The van der Waals surface area contributed by atoms with Crippen LogP contribution >= 0.6 is 22.9 Å². The zero-order valence-corrected chi connectivity index (χ0v) is 14.1. The minimum atomic E-state index is -0.997. The van der Waals surface area contributed by atoms with Gasteiger partial charge in [-0.05, 0) is 19.1 Å². The molecule has 120 valence electrons. The molecule has 23 heavy (non-hydrogen) atoms. The number of halogens is 1. The maximum absolute atomic E-state index is 11.5. The van der Waals surface area contributed by atoms with Gasteiger partial charge in [0.05, 0.1) is 21.5 Å². The summed E-state index contributed by atoms with van der Waals surface area (Å²) < 4.78 is 7.68. The summed E-state index contributed by atoms with van der Waals surface area (Å²) in [7, 11) is 0. The van der Waals surface area contributed by atoms with E-state index in [1.807, 2.05) is 13.0 Å². The number of aromatic nitrogens is 3. The van der Waals surface area contributed by atoms with Gasteiger partial charge in [-0.3, -0.25) is 0 Å². The van der Waals surface area contributed by atoms with Gasteiger partial charge in [-0.2, -0.15) is 0 Å². The summed E-state index contributed by atoms with van der Waals surface area (Å²) in [6.07, 6.45) is 0.638. The topological polar surface area (TPSA) is 81.1 Å². The lowest BCUT2D eigenvalue weighted by Gasteiger charge is -2.06. The second-order valence-electron chi connectivity index (χ2n) is 4.99. The monoisotopic (exact) mass is 351 g/mol. The van der Waals surface area contributed by atoms with Crippen LogP contribution in [0.15, 0.2) is 22.7 Å². The van der Waals surface area contributed by atoms with Crippen molar-refractivity contribution in [2.75, 3.05) is 0 Å². The molecule has 1 N–H and O–H groups in total. The third kappa shape index (κ3) is 3.02. The molecule has 3 heterocycles. The first-order valence-corrected chi connectivity index (χ1v) is 8.19. The molecule has 8 heteroatoms. The Balaban J connectivity index is 1.94. The first kappa shape index (κ1) is 15.8. The Labute approximate surface area is 141 Å². The number of carboxylic acid groups (broad SMARTS) is 1. The van der Waals surface area contributed by atoms with E-state index in [1.165, 1.54) is 11.3 Å². The van der Waals surface area contributed by atoms with Gasteiger partial charge >= 0.3 is 5.97 Å². The summed E-state index contributed by atoms with van der Waals surface area (Å²) in [5, 5.41) is 13.4. The second-order valence-corrected chi connectivity index (χ2v) is 6.71. The summed E-state index contributed by atoms with van der Waals surface area (Å²) >= 11 is 7.32. The molecule has 3 aromatic rings. The quantitative estimate of drug-likeness (QED) is 0.754. The first-order chi connectivity index (χ1) is 11.0. The number of rotatable bonds is 5. The summed E-state index contributed by atoms with van der Waals surface area (Å²) in [6.45, 7) is 3.93. The number of thiophene rings is 1. The van der Waals surface area contributed by atoms with Gasteiger partial charge in [0.2, 0.25) is 0 Å². The van der Waals surface area contributed by atoms with Crippen molar-refractivity contribution in [1.29, 1.82) is 0 Å². The van der Waals surface area contributed by atoms with Crippen molar-refractivity contribution >= 4 is 28.9 Å². The Morgan fingerprint density at radius 2 is 2.26 bits per heavy atom. The molecule has 0 unspecified atom stereocenters. The lowest BCUT2D eigenvalue weighted by molar-refractivity contribution is 0.0684. The van der Waals surface area contributed by atoms with E-state index in [0.717, 1.165) is 4.88 Å². The van der Waals surface area contributed by atoms with Gasteiger partial charge in [-0.15, -0.1) is 11.3 Å². The molecule has 0 aliphatic rings. The number of aromatic carboxylic acids is 1. The number of carbonyl (C=O) groups is 1. The maximum Gasteiger partial charge on any atom is 0.354 e. The van der Waals surface area contributed by atoms with Gasteiger partial charge in [0.25, 0.3) is 0 Å². The minimum absolute atomic E-state index is 0.186. The second kappa shape index (κ2) is 6.17. The summed E-state index contributed by atoms with van der Waals surface area (Å²) in [4.78, 5) is 16.7. The predicted molar refractivity (Wildman–Crippen MR) is 87.2 cm³/mol. The average Bonchev–Trinajstić information content (AvgIpc) is 3.18. The van der Waals surface area contributed by atoms with Crippen molar-refractivity contribution in [2.45, 2.75) is 26.8 Å². The van der Waals surface area contributed by atoms with Crippen LogP contribution in [0.3, 0.4) is 0 Å². The van der Waals surface area contributed by atoms with E-state index in [2.05, 4.69) is 10.1 Å². The molecule has 6 nitrogen and oxygen atoms in total. The van der Waals surface area contributed by atoms with E-state index in [1.54, 1.807) is 23.6 Å². The Morgan fingerprint density at radius 1 is 1.48 bits per heavy atom. The fourth-order valence-corrected chi connectivity index (χ4v) is 3.44. The van der Waals surface area contributed by atoms with Crippen LogP contribution in [0.5, 0.6) is 0 Å². The number of imidazole rings is 1. The molecular weight excluding hydrogens is 338 g/mol. The fraction of sp³-hybridized carbons (Fsp3) is 0.267. The fourth-order valence-electron chi connectivity index (χ4n) is 2.45. The van der Waals surface area contributed by atoms with Crippen molar-refractivity contribution in [1.82, 2.24) is 14.7 Å². The molecule has 0 fully saturated rings. The van der Waals surface area contributed by atoms with Crippen molar-refractivity contribution in [2.24, 2.45) is 0 Å². The van der Waals surface area contributed by atoms with Crippen molar-refractivity contribution in [3.8, 4) is 10.6 Å². The van der Waals surface area contributed by atoms with E-state index in [4.69, 9.17) is 16.1 Å². The highest BCUT2D eigenvalue weighted by Gasteiger charge is 2.20. The largest absolute Gasteiger partial charge is 0.477 e. The Kier molecular flexibility index (Phi) is 4.23. The van der Waals surface area contributed by atoms with Crippen LogP contribution in [0.4, 0.5) is 0 Å². The SMILES string of the molecule is CCc1nc(C)c(C(=O)O)n1Cc1cc(-c2ccc(Cl)s2)on1. The standard InChI is InChI=1S/C15H14ClN3O3S/c1-3-13-17-8(2)14(15(20)21)19(13)7-9-6-10(22-18-9)11-4-5-12(16)23-11/h4-6H,3,7H2,1-2H3,(H,20,21). The first-order valence-electron chi connectivity index (χ1n) is 7.00. The molecule has 0 atom stereocenters. The number of carboxylic acids is 1. The normalized spacial score (nSPS) is 11.1. The van der Waals surface area contributed by atoms with Crippen molar-refractivity contribution < 1.29 is 14.4 Å². The van der Waals surface area contributed by atoms with Crippen molar-refractivity contribution in [3.05, 3.63) is 45.4 Å². The van der Waals surface area contributed by atoms with Crippen LogP contribution in [0, 0.1) is 6.92 Å². The van der Waals surface area contributed by atoms with Crippen LogP contribution in [0.2, 0.25) is 4.34 Å². The molecule has 3 rings (SSSR count). The van der Waals surface area contributed by atoms with E-state index >= 15 is 0 Å². The van der Waals surface area contributed by atoms with E-state index in [0.29, 0.717) is 40.3 Å². The van der Waals surface area contributed by atoms with Crippen LogP contribution < -0.4 is 0 Å². The van der Waals surface area contributed by atoms with Gasteiger partial charge in [-0.1, -0.05) is 23.7 Å². The average molecular weight is 352 g/mol. The molecule has 0 aromatic carbocycles. The Morgan fingerprint density at radius 3 is 2.87 bits per heavy atom. The summed E-state index contributed by atoms with van der Waals surface area (Å²) in [5.41, 5.74) is 1.33. The number of nitrogens with zero attached hydrogens (tertiary/aromatic N) is 3. The van der Waals surface area contributed by atoms with E-state index in [9.17, 15) is 9.90 Å². The third-order valence-corrected chi connectivity index (χ3v) is 4.68. The summed E-state index contributed by atoms with van der Waals surface area (Å²) in [6, 6.07) is 5.45. The molecule has 0 radical (unpaired) electrons. The van der Waals surface area contributed by atoms with E-state index in [-0.39, 0.29) is 5.69 Å². The Hall–Kier alpha value is -2.12. The molecular formula is C15H14ClN3O3S. The van der Waals surface area contributed by atoms with Gasteiger partial charge in [0, 0.05) is 12.5 Å². The van der Waals surface area contributed by atoms with Crippen molar-refractivity contribution in [3.63, 3.8) is 0 Å². The van der Waals surface area contributed by atoms with Crippen LogP contribution in [-0.4, -0.2) is 25.8 Å². The van der Waals surface area contributed by atoms with Gasteiger partial charge in [-0.25, -0.2) is 9.78 Å². The van der Waals surface area contributed by atoms with Gasteiger partial charge < -0.3 is 14.2 Å². The predicted octanol–water partition coefficient (Wildman–Crippen LogP) is 3.87. The smallest absolute Gasteiger partial charge is 0.354 e. The summed E-state index contributed by atoms with van der Waals surface area (Å²) in [5.74, 6) is 0.329. The third-order valence-electron chi connectivity index (χ3n) is 3.43. The van der Waals surface area contributed by atoms with Gasteiger partial charge in [0.15, 0.2) is 11.5 Å². The molecule has 0 saturated carbocycles. The number of hydrogen-bond acceptors (Lipinski definition) is 5. The molecule has 0 aliphatic carbocycles. The van der Waals surface area contributed by atoms with Crippen LogP contribution in [0.25, 0.3) is 10.6 Å². The lowest BCUT2D eigenvalue weighted by atomic mass is 10.3. The maximum atomic E-state index is 11.5. The molecule has 0 amide bonds. The van der Waals surface area contributed by atoms with Crippen LogP contribution in [-0.2, 0) is 13.0 Å².